The first-order chi connectivity index (χ1) is 10.3. The summed E-state index contributed by atoms with van der Waals surface area (Å²) in [6.07, 6.45) is -6.96. The van der Waals surface area contributed by atoms with E-state index in [1.807, 2.05) is 19.2 Å². The third kappa shape index (κ3) is 4.88. The topological polar surface area (TPSA) is 67.2 Å². The first-order valence-corrected chi connectivity index (χ1v) is 6.78. The molecule has 0 aliphatic carbocycles. The molecule has 0 fully saturated rings. The predicted octanol–water partition coefficient (Wildman–Crippen LogP) is 2.52. The highest BCUT2D eigenvalue weighted by molar-refractivity contribution is 5.95. The molecule has 1 rings (SSSR count). The number of rotatable bonds is 6. The van der Waals surface area contributed by atoms with Gasteiger partial charge in [-0.3, -0.25) is 9.48 Å². The number of hydrogen-bond acceptors (Lipinski definition) is 3. The molecule has 0 spiro atoms. The molecule has 1 aromatic heterocycles. The number of halogens is 5. The molecule has 0 aliphatic rings. The lowest BCUT2D eigenvalue weighted by Gasteiger charge is -2.26. The predicted molar refractivity (Wildman–Crippen MR) is 71.0 cm³/mol. The Morgan fingerprint density at radius 1 is 1.39 bits per heavy atom. The van der Waals surface area contributed by atoms with Gasteiger partial charge in [-0.2, -0.15) is 18.3 Å². The molecule has 1 heterocycles. The highest BCUT2D eigenvalue weighted by atomic mass is 19.4. The van der Waals surface area contributed by atoms with Crippen molar-refractivity contribution in [3.05, 3.63) is 17.5 Å². The molecule has 0 bridgehead atoms. The second kappa shape index (κ2) is 6.81. The highest BCUT2D eigenvalue weighted by Crippen LogP contribution is 2.29. The monoisotopic (exact) mass is 343 g/mol. The summed E-state index contributed by atoms with van der Waals surface area (Å²) in [6.45, 7) is 3.21. The number of aromatic nitrogens is 2. The molecule has 1 amide bonds. The van der Waals surface area contributed by atoms with Crippen LogP contribution in [0.2, 0.25) is 0 Å². The largest absolute Gasteiger partial charge is 0.418 e. The van der Waals surface area contributed by atoms with Crippen LogP contribution in [0.5, 0.6) is 0 Å². The van der Waals surface area contributed by atoms with Crippen molar-refractivity contribution in [2.75, 3.05) is 6.54 Å². The Bertz CT molecular complexity index is 552. The molecular formula is C13H18F5N3O2. The summed E-state index contributed by atoms with van der Waals surface area (Å²) >= 11 is 0. The summed E-state index contributed by atoms with van der Waals surface area (Å²) in [4.78, 5) is 11.9. The maximum atomic E-state index is 12.9. The number of alkyl halides is 5. The maximum absolute atomic E-state index is 12.9. The average Bonchev–Trinajstić information content (AvgIpc) is 2.77. The number of nitrogens with zero attached hydrogens (tertiary/aromatic N) is 2. The van der Waals surface area contributed by atoms with Crippen LogP contribution in [-0.4, -0.2) is 39.1 Å². The lowest BCUT2D eigenvalue weighted by molar-refractivity contribution is -0.249. The van der Waals surface area contributed by atoms with Crippen LogP contribution in [0.4, 0.5) is 22.0 Å². The molecule has 1 aromatic rings. The van der Waals surface area contributed by atoms with Crippen LogP contribution in [-0.2, 0) is 6.54 Å². The average molecular weight is 343 g/mol. The highest BCUT2D eigenvalue weighted by Gasteiger charge is 2.50. The first-order valence-electron chi connectivity index (χ1n) is 6.78. The van der Waals surface area contributed by atoms with Crippen LogP contribution < -0.4 is 5.32 Å². The third-order valence-electron chi connectivity index (χ3n) is 3.00. The number of amides is 1. The summed E-state index contributed by atoms with van der Waals surface area (Å²) in [5, 5.41) is 14.6. The maximum Gasteiger partial charge on any atom is 0.418 e. The van der Waals surface area contributed by atoms with Crippen molar-refractivity contribution in [1.29, 1.82) is 0 Å². The van der Waals surface area contributed by atoms with Crippen molar-refractivity contribution in [2.24, 2.45) is 5.92 Å². The van der Waals surface area contributed by atoms with Crippen molar-refractivity contribution in [1.82, 2.24) is 15.1 Å². The van der Waals surface area contributed by atoms with Gasteiger partial charge in [0, 0.05) is 12.7 Å². The van der Waals surface area contributed by atoms with Gasteiger partial charge in [-0.1, -0.05) is 13.8 Å². The Hall–Kier alpha value is -1.71. The minimum absolute atomic E-state index is 0.0716. The molecular weight excluding hydrogens is 325 g/mol. The van der Waals surface area contributed by atoms with Gasteiger partial charge in [0.15, 0.2) is 5.60 Å². The summed E-state index contributed by atoms with van der Waals surface area (Å²) in [5.74, 6) is -1.08. The summed E-state index contributed by atoms with van der Waals surface area (Å²) in [6, 6.07) is 0. The molecule has 0 aliphatic heterocycles. The molecule has 0 saturated carbocycles. The molecule has 23 heavy (non-hydrogen) atoms. The number of carbonyl (C=O) groups is 1. The molecule has 10 heteroatoms. The van der Waals surface area contributed by atoms with Crippen molar-refractivity contribution >= 4 is 5.91 Å². The molecule has 5 nitrogen and oxygen atoms in total. The Morgan fingerprint density at radius 2 is 1.96 bits per heavy atom. The summed E-state index contributed by atoms with van der Waals surface area (Å²) in [5.41, 5.74) is -4.49. The fourth-order valence-corrected chi connectivity index (χ4v) is 1.69. The normalized spacial score (nSPS) is 15.1. The Balaban J connectivity index is 2.93. The summed E-state index contributed by atoms with van der Waals surface area (Å²) in [7, 11) is 0. The fraction of sp³-hybridized carbons (Fsp3) is 0.692. The SMILES string of the molecule is CC(C)Cn1cc(C(=O)NC[C@@](C)(O)C(F)(F)F)c(C(F)F)n1. The van der Waals surface area contributed by atoms with Crippen molar-refractivity contribution in [3.63, 3.8) is 0 Å². The standard InChI is InChI=1S/C13H18F5N3O2/c1-7(2)4-21-5-8(9(20-21)10(14)15)11(22)19-6-12(3,23)13(16,17)18/h5,7,10,23H,4,6H2,1-3H3,(H,19,22)/t12-/m1/s1. The number of hydrogen-bond donors (Lipinski definition) is 2. The molecule has 0 saturated heterocycles. The first kappa shape index (κ1) is 19.3. The van der Waals surface area contributed by atoms with Gasteiger partial charge >= 0.3 is 6.18 Å². The molecule has 2 N–H and O–H groups in total. The van der Waals surface area contributed by atoms with Crippen molar-refractivity contribution in [3.8, 4) is 0 Å². The Labute approximate surface area is 129 Å². The van der Waals surface area contributed by atoms with E-state index >= 15 is 0 Å². The van der Waals surface area contributed by atoms with Crippen molar-refractivity contribution < 1.29 is 31.9 Å². The number of aliphatic hydroxyl groups is 1. The van der Waals surface area contributed by atoms with Crippen LogP contribution in [0, 0.1) is 5.92 Å². The van der Waals surface area contributed by atoms with Gasteiger partial charge in [-0.25, -0.2) is 8.78 Å². The zero-order valence-electron chi connectivity index (χ0n) is 12.8. The quantitative estimate of drug-likeness (QED) is 0.780. The van der Waals surface area contributed by atoms with Gasteiger partial charge in [0.1, 0.15) is 5.69 Å². The van der Waals surface area contributed by atoms with Gasteiger partial charge < -0.3 is 10.4 Å². The lowest BCUT2D eigenvalue weighted by Crippen LogP contribution is -2.51. The number of nitrogens with one attached hydrogen (secondary N) is 1. The lowest BCUT2D eigenvalue weighted by atomic mass is 10.1. The van der Waals surface area contributed by atoms with Crippen LogP contribution in [0.3, 0.4) is 0 Å². The molecule has 0 aromatic carbocycles. The van der Waals surface area contributed by atoms with E-state index < -0.39 is 41.9 Å². The third-order valence-corrected chi connectivity index (χ3v) is 3.00. The van der Waals surface area contributed by atoms with E-state index in [-0.39, 0.29) is 12.5 Å². The van der Waals surface area contributed by atoms with E-state index in [0.29, 0.717) is 6.92 Å². The van der Waals surface area contributed by atoms with Gasteiger partial charge in [0.2, 0.25) is 0 Å². The fourth-order valence-electron chi connectivity index (χ4n) is 1.69. The van der Waals surface area contributed by atoms with Crippen molar-refractivity contribution in [2.45, 2.75) is 45.5 Å². The van der Waals surface area contributed by atoms with Crippen LogP contribution in [0.1, 0.15) is 43.2 Å². The Kier molecular flexibility index (Phi) is 5.73. The zero-order chi connectivity index (χ0) is 18.0. The van der Waals surface area contributed by atoms with E-state index in [1.54, 1.807) is 0 Å². The molecule has 132 valence electrons. The number of carbonyl (C=O) groups excluding carboxylic acids is 1. The van der Waals surface area contributed by atoms with Gasteiger partial charge in [0.25, 0.3) is 12.3 Å². The second-order valence-electron chi connectivity index (χ2n) is 5.80. The van der Waals surface area contributed by atoms with Crippen LogP contribution in [0.25, 0.3) is 0 Å². The minimum Gasteiger partial charge on any atom is -0.379 e. The van der Waals surface area contributed by atoms with Gasteiger partial charge in [0.05, 0.1) is 12.1 Å². The molecule has 0 radical (unpaired) electrons. The van der Waals surface area contributed by atoms with Gasteiger partial charge in [-0.15, -0.1) is 0 Å². The van der Waals surface area contributed by atoms with E-state index in [2.05, 4.69) is 5.10 Å². The van der Waals surface area contributed by atoms with E-state index in [1.165, 1.54) is 0 Å². The summed E-state index contributed by atoms with van der Waals surface area (Å²) < 4.78 is 64.5. The van der Waals surface area contributed by atoms with E-state index in [9.17, 15) is 31.9 Å². The second-order valence-corrected chi connectivity index (χ2v) is 5.80. The van der Waals surface area contributed by atoms with Crippen LogP contribution >= 0.6 is 0 Å². The molecule has 1 atom stereocenters. The van der Waals surface area contributed by atoms with Gasteiger partial charge in [-0.05, 0) is 12.8 Å². The minimum atomic E-state index is -4.96. The van der Waals surface area contributed by atoms with E-state index in [0.717, 1.165) is 10.9 Å². The Morgan fingerprint density at radius 3 is 2.39 bits per heavy atom. The van der Waals surface area contributed by atoms with Crippen LogP contribution in [0.15, 0.2) is 6.20 Å². The smallest absolute Gasteiger partial charge is 0.379 e. The molecule has 0 unspecified atom stereocenters. The zero-order valence-corrected chi connectivity index (χ0v) is 12.8. The van der Waals surface area contributed by atoms with E-state index in [4.69, 9.17) is 0 Å².